The Morgan fingerprint density at radius 1 is 1.20 bits per heavy atom. The zero-order valence-corrected chi connectivity index (χ0v) is 12.7. The molecule has 0 bridgehead atoms. The minimum atomic E-state index is -3.57. The summed E-state index contributed by atoms with van der Waals surface area (Å²) in [5.41, 5.74) is 3.32. The molecule has 0 aliphatic heterocycles. The highest BCUT2D eigenvalue weighted by atomic mass is 32.2. The lowest BCUT2D eigenvalue weighted by atomic mass is 9.96. The van der Waals surface area contributed by atoms with Gasteiger partial charge in [0.05, 0.1) is 0 Å². The maximum atomic E-state index is 12.4. The fourth-order valence-electron chi connectivity index (χ4n) is 2.67. The van der Waals surface area contributed by atoms with Crippen LogP contribution in [0.4, 0.5) is 0 Å². The summed E-state index contributed by atoms with van der Waals surface area (Å²) < 4.78 is 27.3. The van der Waals surface area contributed by atoms with Crippen molar-refractivity contribution in [3.8, 4) is 0 Å². The van der Waals surface area contributed by atoms with Gasteiger partial charge in [0.2, 0.25) is 0 Å². The molecule has 3 rings (SSSR count). The first-order valence-corrected chi connectivity index (χ1v) is 8.12. The number of aryl methyl sites for hydroxylation is 3. The largest absolute Gasteiger partial charge is 0.309 e. The van der Waals surface area contributed by atoms with Crippen molar-refractivity contribution >= 4 is 21.4 Å². The standard InChI is InChI=1S/C13H18N4O2S/c1-9-14-13-12(17(9)20(18,19)16(2)3)8-10-6-4-5-7-11(10)15-13/h8H,4-7H2,1-3H3. The summed E-state index contributed by atoms with van der Waals surface area (Å²) >= 11 is 0. The quantitative estimate of drug-likeness (QED) is 0.836. The van der Waals surface area contributed by atoms with Crippen LogP contribution in [0.2, 0.25) is 0 Å². The van der Waals surface area contributed by atoms with Crippen molar-refractivity contribution in [1.29, 1.82) is 0 Å². The van der Waals surface area contributed by atoms with Crippen molar-refractivity contribution in [3.63, 3.8) is 0 Å². The Morgan fingerprint density at radius 2 is 1.90 bits per heavy atom. The van der Waals surface area contributed by atoms with Gasteiger partial charge in [0.15, 0.2) is 5.65 Å². The zero-order chi connectivity index (χ0) is 14.5. The van der Waals surface area contributed by atoms with E-state index in [9.17, 15) is 8.42 Å². The van der Waals surface area contributed by atoms with Crippen LogP contribution < -0.4 is 0 Å². The van der Waals surface area contributed by atoms with E-state index >= 15 is 0 Å². The number of hydrogen-bond donors (Lipinski definition) is 0. The molecule has 0 saturated carbocycles. The third-order valence-electron chi connectivity index (χ3n) is 3.73. The highest BCUT2D eigenvalue weighted by molar-refractivity contribution is 7.87. The van der Waals surface area contributed by atoms with E-state index < -0.39 is 10.2 Å². The Kier molecular flexibility index (Phi) is 3.06. The van der Waals surface area contributed by atoms with Gasteiger partial charge in [-0.15, -0.1) is 0 Å². The van der Waals surface area contributed by atoms with Gasteiger partial charge in [0.25, 0.3) is 0 Å². The van der Waals surface area contributed by atoms with Gasteiger partial charge in [-0.3, -0.25) is 0 Å². The summed E-state index contributed by atoms with van der Waals surface area (Å²) in [6, 6.07) is 1.94. The maximum absolute atomic E-state index is 12.4. The lowest BCUT2D eigenvalue weighted by Crippen LogP contribution is -2.29. The molecular formula is C13H18N4O2S. The molecule has 2 aromatic rings. The third-order valence-corrected chi connectivity index (χ3v) is 5.58. The van der Waals surface area contributed by atoms with E-state index in [0.717, 1.165) is 36.9 Å². The van der Waals surface area contributed by atoms with Crippen LogP contribution in [0.15, 0.2) is 6.07 Å². The summed E-state index contributed by atoms with van der Waals surface area (Å²) in [4.78, 5) is 8.87. The van der Waals surface area contributed by atoms with Crippen molar-refractivity contribution in [1.82, 2.24) is 18.2 Å². The van der Waals surface area contributed by atoms with Gasteiger partial charge in [-0.05, 0) is 44.2 Å². The van der Waals surface area contributed by atoms with Gasteiger partial charge in [0.1, 0.15) is 11.3 Å². The average molecular weight is 294 g/mol. The molecule has 6 nitrogen and oxygen atoms in total. The van der Waals surface area contributed by atoms with E-state index in [-0.39, 0.29) is 0 Å². The zero-order valence-electron chi connectivity index (χ0n) is 11.9. The molecule has 108 valence electrons. The number of fused-ring (bicyclic) bond motifs is 2. The number of imidazole rings is 1. The maximum Gasteiger partial charge on any atom is 0.309 e. The molecule has 0 N–H and O–H groups in total. The SMILES string of the molecule is Cc1nc2nc3c(cc2n1S(=O)(=O)N(C)C)CCCC3. The summed E-state index contributed by atoms with van der Waals surface area (Å²) in [6.07, 6.45) is 4.19. The Bertz CT molecular complexity index is 777. The molecule has 0 saturated heterocycles. The van der Waals surface area contributed by atoms with Gasteiger partial charge in [-0.2, -0.15) is 12.7 Å². The number of rotatable bonds is 2. The molecule has 2 aromatic heterocycles. The van der Waals surface area contributed by atoms with Crippen molar-refractivity contribution in [3.05, 3.63) is 23.1 Å². The Hall–Kier alpha value is -1.47. The van der Waals surface area contributed by atoms with Crippen LogP contribution in [0.3, 0.4) is 0 Å². The van der Waals surface area contributed by atoms with Gasteiger partial charge < -0.3 is 0 Å². The van der Waals surface area contributed by atoms with E-state index in [1.807, 2.05) is 6.07 Å². The molecule has 1 aliphatic carbocycles. The highest BCUT2D eigenvalue weighted by Crippen LogP contribution is 2.25. The molecule has 20 heavy (non-hydrogen) atoms. The summed E-state index contributed by atoms with van der Waals surface area (Å²) in [6.45, 7) is 1.70. The van der Waals surface area contributed by atoms with E-state index in [0.29, 0.717) is 17.0 Å². The molecule has 1 aliphatic rings. The smallest absolute Gasteiger partial charge is 0.231 e. The Labute approximate surface area is 118 Å². The monoisotopic (exact) mass is 294 g/mol. The van der Waals surface area contributed by atoms with Crippen molar-refractivity contribution in [2.45, 2.75) is 32.6 Å². The molecule has 2 heterocycles. The molecule has 0 amide bonds. The second kappa shape index (κ2) is 4.53. The predicted molar refractivity (Wildman–Crippen MR) is 76.9 cm³/mol. The fourth-order valence-corrected chi connectivity index (χ4v) is 3.75. The van der Waals surface area contributed by atoms with E-state index in [2.05, 4.69) is 9.97 Å². The number of nitrogens with zero attached hydrogens (tertiary/aromatic N) is 4. The molecule has 0 unspecified atom stereocenters. The second-order valence-electron chi connectivity index (χ2n) is 5.36. The van der Waals surface area contributed by atoms with Crippen LogP contribution in [0.5, 0.6) is 0 Å². The second-order valence-corrected chi connectivity index (χ2v) is 7.35. The number of aromatic nitrogens is 3. The predicted octanol–water partition coefficient (Wildman–Crippen LogP) is 1.27. The van der Waals surface area contributed by atoms with Crippen LogP contribution in [-0.4, -0.2) is 40.8 Å². The molecule has 0 aromatic carbocycles. The van der Waals surface area contributed by atoms with Crippen LogP contribution in [0.25, 0.3) is 11.2 Å². The topological polar surface area (TPSA) is 68.1 Å². The minimum absolute atomic E-state index is 0.448. The summed E-state index contributed by atoms with van der Waals surface area (Å²) in [7, 11) is -0.529. The molecule has 0 spiro atoms. The van der Waals surface area contributed by atoms with E-state index in [1.165, 1.54) is 22.4 Å². The van der Waals surface area contributed by atoms with Gasteiger partial charge in [0, 0.05) is 19.8 Å². The Balaban J connectivity index is 2.31. The summed E-state index contributed by atoms with van der Waals surface area (Å²) in [5, 5.41) is 0. The van der Waals surface area contributed by atoms with Crippen molar-refractivity contribution in [2.24, 2.45) is 0 Å². The molecular weight excluding hydrogens is 276 g/mol. The van der Waals surface area contributed by atoms with Crippen molar-refractivity contribution < 1.29 is 8.42 Å². The van der Waals surface area contributed by atoms with E-state index in [4.69, 9.17) is 0 Å². The highest BCUT2D eigenvalue weighted by Gasteiger charge is 2.24. The lowest BCUT2D eigenvalue weighted by molar-refractivity contribution is 0.511. The van der Waals surface area contributed by atoms with Gasteiger partial charge >= 0.3 is 10.2 Å². The Morgan fingerprint density at radius 3 is 2.60 bits per heavy atom. The number of hydrogen-bond acceptors (Lipinski definition) is 4. The number of pyridine rings is 1. The summed E-state index contributed by atoms with van der Waals surface area (Å²) in [5.74, 6) is 0.448. The minimum Gasteiger partial charge on any atom is -0.231 e. The van der Waals surface area contributed by atoms with Crippen LogP contribution >= 0.6 is 0 Å². The fraction of sp³-hybridized carbons (Fsp3) is 0.538. The average Bonchev–Trinajstić information content (AvgIpc) is 2.71. The first kappa shape index (κ1) is 13.5. The normalized spacial score (nSPS) is 15.8. The van der Waals surface area contributed by atoms with Crippen LogP contribution in [0, 0.1) is 6.92 Å². The van der Waals surface area contributed by atoms with Crippen molar-refractivity contribution in [2.75, 3.05) is 14.1 Å². The first-order valence-electron chi connectivity index (χ1n) is 6.72. The molecule has 0 atom stereocenters. The molecule has 7 heteroatoms. The van der Waals surface area contributed by atoms with Crippen LogP contribution in [-0.2, 0) is 23.1 Å². The van der Waals surface area contributed by atoms with Gasteiger partial charge in [-0.1, -0.05) is 0 Å². The first-order chi connectivity index (χ1) is 9.41. The third kappa shape index (κ3) is 1.92. The van der Waals surface area contributed by atoms with Gasteiger partial charge in [-0.25, -0.2) is 13.9 Å². The van der Waals surface area contributed by atoms with Crippen LogP contribution in [0.1, 0.15) is 29.9 Å². The molecule has 0 fully saturated rings. The molecule has 0 radical (unpaired) electrons. The lowest BCUT2D eigenvalue weighted by Gasteiger charge is -2.16. The van der Waals surface area contributed by atoms with E-state index in [1.54, 1.807) is 6.92 Å².